The maximum absolute atomic E-state index is 13.0. The first-order valence-corrected chi connectivity index (χ1v) is 14.8. The van der Waals surface area contributed by atoms with Gasteiger partial charge in [0.25, 0.3) is 0 Å². The van der Waals surface area contributed by atoms with Gasteiger partial charge in [-0.2, -0.15) is 0 Å². The molecular formula is C30H45N4O2S+. The van der Waals surface area contributed by atoms with E-state index < -0.39 is 5.41 Å². The second-order valence-electron chi connectivity index (χ2n) is 11.7. The number of quaternary nitrogens is 1. The monoisotopic (exact) mass is 525 g/mol. The Bertz CT molecular complexity index is 1100. The summed E-state index contributed by atoms with van der Waals surface area (Å²) in [6, 6.07) is 10.5. The number of nitrogens with one attached hydrogen (secondary N) is 1. The van der Waals surface area contributed by atoms with Crippen LogP contribution >= 0.6 is 11.3 Å². The Morgan fingerprint density at radius 2 is 1.84 bits per heavy atom. The molecule has 0 amide bonds. The number of para-hydroxylation sites is 2. The Morgan fingerprint density at radius 1 is 1.14 bits per heavy atom. The van der Waals surface area contributed by atoms with Crippen molar-refractivity contribution >= 4 is 39.5 Å². The molecule has 0 bridgehead atoms. The van der Waals surface area contributed by atoms with Gasteiger partial charge in [-0.1, -0.05) is 57.6 Å². The summed E-state index contributed by atoms with van der Waals surface area (Å²) in [6.45, 7) is 12.5. The highest BCUT2D eigenvalue weighted by molar-refractivity contribution is 7.16. The number of fused-ring (bicyclic) bond motifs is 2. The van der Waals surface area contributed by atoms with Crippen LogP contribution in [-0.4, -0.2) is 61.1 Å². The second kappa shape index (κ2) is 12.0. The van der Waals surface area contributed by atoms with Gasteiger partial charge in [-0.05, 0) is 45.4 Å². The molecule has 6 nitrogen and oxygen atoms in total. The normalized spacial score (nSPS) is 16.8. The van der Waals surface area contributed by atoms with Crippen LogP contribution in [0.5, 0.6) is 0 Å². The molecule has 202 valence electrons. The number of hydrogen-bond acceptors (Lipinski definition) is 6. The summed E-state index contributed by atoms with van der Waals surface area (Å²) in [5.74, 6) is 0.983. The van der Waals surface area contributed by atoms with Gasteiger partial charge in [0.15, 0.2) is 0 Å². The average Bonchev–Trinajstić information content (AvgIpc) is 3.16. The first-order chi connectivity index (χ1) is 17.7. The molecule has 1 aromatic heterocycles. The van der Waals surface area contributed by atoms with Crippen molar-refractivity contribution in [3.63, 3.8) is 0 Å². The minimum Gasteiger partial charge on any atom is -0.415 e. The molecule has 1 aromatic carbocycles. The number of nitrogens with zero attached hydrogens (tertiary/aromatic N) is 3. The van der Waals surface area contributed by atoms with Crippen molar-refractivity contribution in [3.8, 4) is 0 Å². The number of unbranched alkanes of at least 4 members (excludes halogenated alkanes) is 5. The fourth-order valence-corrected chi connectivity index (χ4v) is 6.06. The zero-order chi connectivity index (χ0) is 26.5. The standard InChI is InChI=1S/C30H45N4O2S/c1-6-7-8-9-10-13-16-30(3,4)29(35)36-22-34(5)19-17-33(18-20-34)27-24-21-23(2)37-28(24)32-26-15-12-11-14-25(26)31-27/h11-12,14-15,21,32H,6-10,13,16-20,22H2,1-5H3/q+1. The number of ether oxygens (including phenoxy) is 1. The lowest BCUT2D eigenvalue weighted by Gasteiger charge is -2.42. The van der Waals surface area contributed by atoms with Crippen molar-refractivity contribution in [1.82, 2.24) is 4.90 Å². The third-order valence-electron chi connectivity index (χ3n) is 7.81. The van der Waals surface area contributed by atoms with Crippen LogP contribution in [0.3, 0.4) is 0 Å². The van der Waals surface area contributed by atoms with Crippen LogP contribution in [0.1, 0.15) is 76.2 Å². The van der Waals surface area contributed by atoms with Crippen molar-refractivity contribution in [2.75, 3.05) is 45.3 Å². The summed E-state index contributed by atoms with van der Waals surface area (Å²) in [5, 5.41) is 4.76. The van der Waals surface area contributed by atoms with Crippen LogP contribution < -0.4 is 5.32 Å². The lowest BCUT2D eigenvalue weighted by Crippen LogP contribution is -2.59. The van der Waals surface area contributed by atoms with Gasteiger partial charge in [-0.15, -0.1) is 11.3 Å². The number of esters is 1. The van der Waals surface area contributed by atoms with Gasteiger partial charge in [0.05, 0.1) is 55.6 Å². The smallest absolute Gasteiger partial charge is 0.315 e. The minimum atomic E-state index is -0.422. The Balaban J connectivity index is 1.33. The first kappa shape index (κ1) is 27.6. The van der Waals surface area contributed by atoms with E-state index in [1.807, 2.05) is 26.0 Å². The average molecular weight is 526 g/mol. The predicted octanol–water partition coefficient (Wildman–Crippen LogP) is 7.23. The molecule has 2 aliphatic rings. The predicted molar refractivity (Wildman–Crippen MR) is 155 cm³/mol. The summed E-state index contributed by atoms with van der Waals surface area (Å²) in [4.78, 5) is 21.8. The summed E-state index contributed by atoms with van der Waals surface area (Å²) >= 11 is 1.78. The van der Waals surface area contributed by atoms with E-state index in [1.54, 1.807) is 11.3 Å². The van der Waals surface area contributed by atoms with E-state index in [2.05, 4.69) is 49.3 Å². The highest BCUT2D eigenvalue weighted by atomic mass is 32.1. The number of carbonyl (C=O) groups excluding carboxylic acids is 1. The van der Waals surface area contributed by atoms with E-state index in [-0.39, 0.29) is 5.97 Å². The van der Waals surface area contributed by atoms with E-state index in [0.717, 1.165) is 65.7 Å². The molecule has 0 aliphatic carbocycles. The second-order valence-corrected chi connectivity index (χ2v) is 13.0. The molecule has 0 radical (unpaired) electrons. The Morgan fingerprint density at radius 3 is 2.59 bits per heavy atom. The molecule has 37 heavy (non-hydrogen) atoms. The molecule has 3 heterocycles. The Labute approximate surface area is 227 Å². The lowest BCUT2D eigenvalue weighted by atomic mass is 9.87. The number of amidine groups is 1. The number of aryl methyl sites for hydroxylation is 1. The van der Waals surface area contributed by atoms with Crippen molar-refractivity contribution in [2.45, 2.75) is 72.6 Å². The van der Waals surface area contributed by atoms with Crippen molar-refractivity contribution in [2.24, 2.45) is 10.4 Å². The number of piperazine rings is 1. The number of thiophene rings is 1. The molecule has 2 aliphatic heterocycles. The number of benzene rings is 1. The quantitative estimate of drug-likeness (QED) is 0.202. The van der Waals surface area contributed by atoms with E-state index in [9.17, 15) is 4.79 Å². The van der Waals surface area contributed by atoms with Crippen LogP contribution in [-0.2, 0) is 9.53 Å². The van der Waals surface area contributed by atoms with E-state index >= 15 is 0 Å². The number of aliphatic imine (C=N–C) groups is 1. The van der Waals surface area contributed by atoms with Crippen molar-refractivity contribution in [1.29, 1.82) is 0 Å². The van der Waals surface area contributed by atoms with Gasteiger partial charge in [-0.3, -0.25) is 9.28 Å². The number of likely N-dealkylation sites (N-methyl/N-ethyl adjacent to an activating group) is 1. The molecule has 0 atom stereocenters. The number of anilines is 2. The molecule has 0 spiro atoms. The lowest BCUT2D eigenvalue weighted by molar-refractivity contribution is -0.929. The van der Waals surface area contributed by atoms with Crippen LogP contribution in [0.2, 0.25) is 0 Å². The van der Waals surface area contributed by atoms with Gasteiger partial charge in [0, 0.05) is 4.88 Å². The van der Waals surface area contributed by atoms with Crippen LogP contribution in [0, 0.1) is 12.3 Å². The summed E-state index contributed by atoms with van der Waals surface area (Å²) in [5.41, 5.74) is 2.78. The first-order valence-electron chi connectivity index (χ1n) is 14.0. The minimum absolute atomic E-state index is 0.0583. The highest BCUT2D eigenvalue weighted by Crippen LogP contribution is 2.39. The maximum atomic E-state index is 13.0. The molecule has 1 fully saturated rings. The SMILES string of the molecule is CCCCCCCCC(C)(C)C(=O)OC[N+]1(C)CCN(C2=Nc3ccccc3Nc3sc(C)cc32)CC1. The van der Waals surface area contributed by atoms with Gasteiger partial charge < -0.3 is 15.0 Å². The summed E-state index contributed by atoms with van der Waals surface area (Å²) in [6.07, 6.45) is 8.34. The number of carbonyl (C=O) groups is 1. The molecule has 1 N–H and O–H groups in total. The molecule has 2 aromatic rings. The number of rotatable bonds is 10. The zero-order valence-electron chi connectivity index (χ0n) is 23.4. The van der Waals surface area contributed by atoms with Crippen molar-refractivity contribution < 1.29 is 14.0 Å². The van der Waals surface area contributed by atoms with Crippen LogP contribution in [0.25, 0.3) is 0 Å². The van der Waals surface area contributed by atoms with Gasteiger partial charge >= 0.3 is 5.97 Å². The van der Waals surface area contributed by atoms with Crippen LogP contribution in [0.15, 0.2) is 35.3 Å². The third kappa shape index (κ3) is 6.94. The maximum Gasteiger partial charge on any atom is 0.315 e. The molecular weight excluding hydrogens is 480 g/mol. The van der Waals surface area contributed by atoms with Crippen LogP contribution in [0.4, 0.5) is 16.4 Å². The molecule has 7 heteroatoms. The fraction of sp³-hybridized carbons (Fsp3) is 0.600. The molecule has 4 rings (SSSR count). The molecule has 0 saturated carbocycles. The molecule has 0 unspecified atom stereocenters. The third-order valence-corrected chi connectivity index (χ3v) is 8.77. The Kier molecular flexibility index (Phi) is 8.96. The summed E-state index contributed by atoms with van der Waals surface area (Å²) < 4.78 is 6.67. The van der Waals surface area contributed by atoms with Gasteiger partial charge in [0.1, 0.15) is 10.8 Å². The van der Waals surface area contributed by atoms with Crippen molar-refractivity contribution in [3.05, 3.63) is 40.8 Å². The van der Waals surface area contributed by atoms with E-state index in [1.165, 1.54) is 42.5 Å². The van der Waals surface area contributed by atoms with Gasteiger partial charge in [0.2, 0.25) is 6.73 Å². The largest absolute Gasteiger partial charge is 0.415 e. The molecule has 1 saturated heterocycles. The fourth-order valence-electron chi connectivity index (χ4n) is 5.14. The van der Waals surface area contributed by atoms with Gasteiger partial charge in [-0.25, -0.2) is 4.99 Å². The zero-order valence-corrected chi connectivity index (χ0v) is 24.3. The van der Waals surface area contributed by atoms with E-state index in [0.29, 0.717) is 6.73 Å². The Hall–Kier alpha value is -2.38. The topological polar surface area (TPSA) is 53.9 Å². The highest BCUT2D eigenvalue weighted by Gasteiger charge is 2.35. The summed E-state index contributed by atoms with van der Waals surface area (Å²) in [7, 11) is 2.21. The number of hydrogen-bond donors (Lipinski definition) is 1. The van der Waals surface area contributed by atoms with E-state index in [4.69, 9.17) is 9.73 Å².